The monoisotopic (exact) mass is 475 g/mol. The van der Waals surface area contributed by atoms with Crippen molar-refractivity contribution in [1.82, 2.24) is 20.3 Å². The van der Waals surface area contributed by atoms with Gasteiger partial charge in [-0.3, -0.25) is 9.89 Å². The summed E-state index contributed by atoms with van der Waals surface area (Å²) in [5.41, 5.74) is 0.913. The zero-order valence-corrected chi connectivity index (χ0v) is 16.6. The Morgan fingerprint density at radius 2 is 2.00 bits per heavy atom. The molecule has 0 saturated carbocycles. The van der Waals surface area contributed by atoms with E-state index in [1.807, 2.05) is 6.07 Å². The van der Waals surface area contributed by atoms with Gasteiger partial charge in [0.2, 0.25) is 0 Å². The Morgan fingerprint density at radius 3 is 2.56 bits per heavy atom. The highest BCUT2D eigenvalue weighted by atomic mass is 127. The maximum Gasteiger partial charge on any atom is 0.389 e. The highest BCUT2D eigenvalue weighted by molar-refractivity contribution is 14.0. The first-order valence-electron chi connectivity index (χ1n) is 8.12. The largest absolute Gasteiger partial charge is 0.389 e. The van der Waals surface area contributed by atoms with Crippen LogP contribution in [0, 0.1) is 0 Å². The maximum absolute atomic E-state index is 12.1. The van der Waals surface area contributed by atoms with E-state index in [0.717, 1.165) is 44.4 Å². The van der Waals surface area contributed by atoms with Crippen molar-refractivity contribution in [2.45, 2.75) is 32.0 Å². The molecule has 0 atom stereocenters. The average molecular weight is 475 g/mol. The Kier molecular flexibility index (Phi) is 9.54. The number of nitrogens with zero attached hydrogens (tertiary/aromatic N) is 4. The first-order chi connectivity index (χ1) is 11.5. The van der Waals surface area contributed by atoms with E-state index in [0.29, 0.717) is 13.0 Å². The van der Waals surface area contributed by atoms with Crippen molar-refractivity contribution in [3.05, 3.63) is 18.0 Å². The lowest BCUT2D eigenvalue weighted by molar-refractivity contribution is -0.135. The summed E-state index contributed by atoms with van der Waals surface area (Å²) in [7, 11) is 1.69. The molecule has 25 heavy (non-hydrogen) atoms. The number of halogens is 4. The third-order valence-electron chi connectivity index (χ3n) is 3.93. The second kappa shape index (κ2) is 10.8. The number of hydrogen-bond donors (Lipinski definition) is 1. The third-order valence-corrected chi connectivity index (χ3v) is 3.93. The molecule has 0 unspecified atom stereocenters. The molecule has 1 aliphatic rings. The molecule has 2 heterocycles. The fourth-order valence-electron chi connectivity index (χ4n) is 2.65. The summed E-state index contributed by atoms with van der Waals surface area (Å²) in [6, 6.07) is 1.85. The van der Waals surface area contributed by atoms with E-state index in [9.17, 15) is 13.2 Å². The van der Waals surface area contributed by atoms with Crippen molar-refractivity contribution in [3.63, 3.8) is 0 Å². The first kappa shape index (κ1) is 22.0. The molecule has 6 nitrogen and oxygen atoms in total. The Bertz CT molecular complexity index is 502. The number of aliphatic imine (C=N–C) groups is 1. The van der Waals surface area contributed by atoms with Crippen LogP contribution in [0.15, 0.2) is 21.8 Å². The van der Waals surface area contributed by atoms with Crippen molar-refractivity contribution in [2.24, 2.45) is 4.99 Å². The number of nitrogens with one attached hydrogen (secondary N) is 1. The van der Waals surface area contributed by atoms with E-state index in [2.05, 4.69) is 25.3 Å². The predicted molar refractivity (Wildman–Crippen MR) is 100 cm³/mol. The van der Waals surface area contributed by atoms with Gasteiger partial charge in [-0.05, 0) is 12.8 Å². The molecule has 144 valence electrons. The average Bonchev–Trinajstić information content (AvgIpc) is 3.04. The van der Waals surface area contributed by atoms with Gasteiger partial charge in [0.1, 0.15) is 6.26 Å². The van der Waals surface area contributed by atoms with Crippen LogP contribution in [0.2, 0.25) is 0 Å². The summed E-state index contributed by atoms with van der Waals surface area (Å²) in [4.78, 5) is 8.63. The van der Waals surface area contributed by atoms with Gasteiger partial charge in [0.25, 0.3) is 0 Å². The Labute approximate surface area is 162 Å². The van der Waals surface area contributed by atoms with Gasteiger partial charge in [0.15, 0.2) is 5.96 Å². The number of aromatic nitrogens is 1. The van der Waals surface area contributed by atoms with Gasteiger partial charge in [0, 0.05) is 58.8 Å². The molecular weight excluding hydrogens is 450 g/mol. The molecule has 0 amide bonds. The lowest BCUT2D eigenvalue weighted by Crippen LogP contribution is -2.52. The molecule has 1 aromatic heterocycles. The van der Waals surface area contributed by atoms with Gasteiger partial charge in [-0.1, -0.05) is 5.16 Å². The molecule has 1 N–H and O–H groups in total. The minimum absolute atomic E-state index is 0. The van der Waals surface area contributed by atoms with E-state index in [-0.39, 0.29) is 30.4 Å². The summed E-state index contributed by atoms with van der Waals surface area (Å²) < 4.78 is 41.1. The van der Waals surface area contributed by atoms with Gasteiger partial charge in [-0.15, -0.1) is 24.0 Å². The molecule has 2 rings (SSSR count). The standard InChI is InChI=1S/C15H24F3N5O.HI/c1-19-14(20-6-3-2-5-15(16,17)18)23-9-7-22(8-10-23)12-13-4-11-24-21-13;/h4,11H,2-3,5-10,12H2,1H3,(H,19,20);1H. The normalized spacial score (nSPS) is 16.6. The second-order valence-electron chi connectivity index (χ2n) is 5.80. The van der Waals surface area contributed by atoms with E-state index in [1.54, 1.807) is 13.3 Å². The quantitative estimate of drug-likeness (QED) is 0.297. The van der Waals surface area contributed by atoms with Crippen molar-refractivity contribution in [2.75, 3.05) is 39.8 Å². The molecule has 0 aliphatic carbocycles. The van der Waals surface area contributed by atoms with Crippen molar-refractivity contribution in [1.29, 1.82) is 0 Å². The molecular formula is C15H25F3IN5O. The van der Waals surface area contributed by atoms with Gasteiger partial charge in [-0.25, -0.2) is 0 Å². The Balaban J connectivity index is 0.00000312. The van der Waals surface area contributed by atoms with Gasteiger partial charge < -0.3 is 14.7 Å². The zero-order valence-electron chi connectivity index (χ0n) is 14.3. The van der Waals surface area contributed by atoms with Crippen LogP contribution in [-0.2, 0) is 6.54 Å². The number of alkyl halides is 3. The first-order valence-corrected chi connectivity index (χ1v) is 8.12. The fourth-order valence-corrected chi connectivity index (χ4v) is 2.65. The smallest absolute Gasteiger partial charge is 0.364 e. The SMILES string of the molecule is CN=C(NCCCCC(F)(F)F)N1CCN(Cc2ccon2)CC1.I. The van der Waals surface area contributed by atoms with Gasteiger partial charge >= 0.3 is 6.18 Å². The summed E-state index contributed by atoms with van der Waals surface area (Å²) in [6.45, 7) is 4.65. The van der Waals surface area contributed by atoms with Gasteiger partial charge in [-0.2, -0.15) is 13.2 Å². The summed E-state index contributed by atoms with van der Waals surface area (Å²) in [5, 5.41) is 7.06. The van der Waals surface area contributed by atoms with Crippen LogP contribution in [0.25, 0.3) is 0 Å². The van der Waals surface area contributed by atoms with Crippen LogP contribution in [-0.4, -0.2) is 66.9 Å². The molecule has 1 aromatic rings. The minimum atomic E-state index is -4.07. The summed E-state index contributed by atoms with van der Waals surface area (Å²) in [6.07, 6.45) is -2.62. The molecule has 1 aliphatic heterocycles. The summed E-state index contributed by atoms with van der Waals surface area (Å²) >= 11 is 0. The van der Waals surface area contributed by atoms with E-state index in [1.165, 1.54) is 0 Å². The Morgan fingerprint density at radius 1 is 1.28 bits per heavy atom. The lowest BCUT2D eigenvalue weighted by atomic mass is 10.2. The van der Waals surface area contributed by atoms with Crippen molar-refractivity contribution >= 4 is 29.9 Å². The number of hydrogen-bond acceptors (Lipinski definition) is 4. The molecule has 10 heteroatoms. The highest BCUT2D eigenvalue weighted by Gasteiger charge is 2.26. The lowest BCUT2D eigenvalue weighted by Gasteiger charge is -2.36. The predicted octanol–water partition coefficient (Wildman–Crippen LogP) is 2.72. The molecule has 0 spiro atoms. The van der Waals surface area contributed by atoms with Crippen LogP contribution in [0.1, 0.15) is 25.0 Å². The highest BCUT2D eigenvalue weighted by Crippen LogP contribution is 2.21. The second-order valence-corrected chi connectivity index (χ2v) is 5.80. The van der Waals surface area contributed by atoms with E-state index < -0.39 is 12.6 Å². The molecule has 1 saturated heterocycles. The van der Waals surface area contributed by atoms with E-state index in [4.69, 9.17) is 4.52 Å². The van der Waals surface area contributed by atoms with Crippen LogP contribution < -0.4 is 5.32 Å². The fraction of sp³-hybridized carbons (Fsp3) is 0.733. The van der Waals surface area contributed by atoms with Crippen LogP contribution >= 0.6 is 24.0 Å². The van der Waals surface area contributed by atoms with Crippen molar-refractivity contribution < 1.29 is 17.7 Å². The maximum atomic E-state index is 12.1. The zero-order chi connectivity index (χ0) is 17.4. The number of unbranched alkanes of at least 4 members (excludes halogenated alkanes) is 1. The van der Waals surface area contributed by atoms with Crippen LogP contribution in [0.5, 0.6) is 0 Å². The molecule has 0 aromatic carbocycles. The topological polar surface area (TPSA) is 56.9 Å². The van der Waals surface area contributed by atoms with E-state index >= 15 is 0 Å². The molecule has 0 bridgehead atoms. The number of rotatable bonds is 6. The third kappa shape index (κ3) is 8.25. The van der Waals surface area contributed by atoms with Crippen molar-refractivity contribution in [3.8, 4) is 0 Å². The molecule has 1 fully saturated rings. The number of guanidine groups is 1. The van der Waals surface area contributed by atoms with Crippen LogP contribution in [0.4, 0.5) is 13.2 Å². The van der Waals surface area contributed by atoms with Gasteiger partial charge in [0.05, 0.1) is 5.69 Å². The minimum Gasteiger partial charge on any atom is -0.364 e. The van der Waals surface area contributed by atoms with Crippen LogP contribution in [0.3, 0.4) is 0 Å². The summed E-state index contributed by atoms with van der Waals surface area (Å²) in [5.74, 6) is 0.753. The number of piperazine rings is 1. The Hall–Kier alpha value is -1.04. The molecule has 0 radical (unpaired) electrons.